The zero-order valence-corrected chi connectivity index (χ0v) is 16.2. The van der Waals surface area contributed by atoms with E-state index in [2.05, 4.69) is 15.5 Å². The largest absolute Gasteiger partial charge is 0.326 e. The molecule has 1 aliphatic rings. The molecule has 2 aromatic carbocycles. The maximum absolute atomic E-state index is 13.7. The van der Waals surface area contributed by atoms with Gasteiger partial charge < -0.3 is 10.6 Å². The first kappa shape index (κ1) is 20.0. The highest BCUT2D eigenvalue weighted by Gasteiger charge is 2.29. The fourth-order valence-corrected chi connectivity index (χ4v) is 3.40. The number of hydrogen-bond donors (Lipinski definition) is 2. The van der Waals surface area contributed by atoms with Gasteiger partial charge >= 0.3 is 0 Å². The van der Waals surface area contributed by atoms with E-state index in [9.17, 15) is 14.0 Å². The minimum atomic E-state index is -0.345. The van der Waals surface area contributed by atoms with Gasteiger partial charge in [-0.3, -0.25) is 14.5 Å². The molecular formula is C22H26FN3O2. The topological polar surface area (TPSA) is 61.4 Å². The van der Waals surface area contributed by atoms with Crippen LogP contribution in [0.2, 0.25) is 0 Å². The Morgan fingerprint density at radius 1 is 1.04 bits per heavy atom. The number of likely N-dealkylation sites (tertiary alicyclic amines) is 1. The normalized spacial score (nSPS) is 16.4. The van der Waals surface area contributed by atoms with E-state index in [4.69, 9.17) is 0 Å². The van der Waals surface area contributed by atoms with Crippen LogP contribution < -0.4 is 10.6 Å². The summed E-state index contributed by atoms with van der Waals surface area (Å²) < 4.78 is 13.7. The minimum Gasteiger partial charge on any atom is -0.326 e. The van der Waals surface area contributed by atoms with Gasteiger partial charge in [-0.1, -0.05) is 24.3 Å². The molecule has 1 aliphatic heterocycles. The van der Waals surface area contributed by atoms with Crippen molar-refractivity contribution in [3.63, 3.8) is 0 Å². The first-order valence-electron chi connectivity index (χ1n) is 9.61. The highest BCUT2D eigenvalue weighted by atomic mass is 19.1. The van der Waals surface area contributed by atoms with Gasteiger partial charge in [0.1, 0.15) is 5.82 Å². The number of aryl methyl sites for hydroxylation is 1. The molecule has 0 spiro atoms. The quantitative estimate of drug-likeness (QED) is 0.825. The first-order valence-corrected chi connectivity index (χ1v) is 9.61. The van der Waals surface area contributed by atoms with Crippen molar-refractivity contribution in [3.8, 4) is 0 Å². The second kappa shape index (κ2) is 8.97. The summed E-state index contributed by atoms with van der Waals surface area (Å²) in [7, 11) is 0. The van der Waals surface area contributed by atoms with Crippen LogP contribution in [-0.4, -0.2) is 35.8 Å². The number of benzene rings is 2. The van der Waals surface area contributed by atoms with Crippen molar-refractivity contribution in [1.82, 2.24) is 4.90 Å². The average molecular weight is 383 g/mol. The molecular weight excluding hydrogens is 357 g/mol. The van der Waals surface area contributed by atoms with Crippen molar-refractivity contribution in [3.05, 3.63) is 59.9 Å². The van der Waals surface area contributed by atoms with Crippen LogP contribution in [0.1, 0.15) is 25.3 Å². The van der Waals surface area contributed by atoms with Crippen LogP contribution >= 0.6 is 0 Å². The zero-order valence-electron chi connectivity index (χ0n) is 16.2. The Morgan fingerprint density at radius 2 is 1.71 bits per heavy atom. The lowest BCUT2D eigenvalue weighted by atomic mass is 9.94. The highest BCUT2D eigenvalue weighted by molar-refractivity contribution is 5.95. The summed E-state index contributed by atoms with van der Waals surface area (Å²) in [6, 6.07) is 13.8. The predicted octanol–water partition coefficient (Wildman–Crippen LogP) is 3.81. The number of amides is 2. The van der Waals surface area contributed by atoms with E-state index in [1.165, 1.54) is 6.07 Å². The van der Waals surface area contributed by atoms with Gasteiger partial charge in [0.05, 0.1) is 6.04 Å². The average Bonchev–Trinajstić information content (AvgIpc) is 2.71. The van der Waals surface area contributed by atoms with E-state index in [-0.39, 0.29) is 29.6 Å². The number of piperidine rings is 1. The summed E-state index contributed by atoms with van der Waals surface area (Å²) in [5.74, 6) is -0.540. The molecule has 28 heavy (non-hydrogen) atoms. The van der Waals surface area contributed by atoms with Crippen molar-refractivity contribution < 1.29 is 14.0 Å². The number of nitrogens with zero attached hydrogens (tertiary/aromatic N) is 1. The van der Waals surface area contributed by atoms with Crippen molar-refractivity contribution in [1.29, 1.82) is 0 Å². The van der Waals surface area contributed by atoms with Crippen LogP contribution in [0.3, 0.4) is 0 Å². The smallest absolute Gasteiger partial charge is 0.241 e. The first-order chi connectivity index (χ1) is 13.4. The van der Waals surface area contributed by atoms with Gasteiger partial charge in [0, 0.05) is 17.3 Å². The van der Waals surface area contributed by atoms with E-state index in [1.54, 1.807) is 19.1 Å². The lowest BCUT2D eigenvalue weighted by molar-refractivity contribution is -0.123. The fourth-order valence-electron chi connectivity index (χ4n) is 3.40. The van der Waals surface area contributed by atoms with Gasteiger partial charge in [0.2, 0.25) is 11.8 Å². The second-order valence-corrected chi connectivity index (χ2v) is 7.29. The van der Waals surface area contributed by atoms with Crippen molar-refractivity contribution in [2.45, 2.75) is 32.7 Å². The number of anilines is 2. The molecule has 0 radical (unpaired) electrons. The number of rotatable bonds is 5. The Bertz CT molecular complexity index is 833. The summed E-state index contributed by atoms with van der Waals surface area (Å²) >= 11 is 0. The lowest BCUT2D eigenvalue weighted by Gasteiger charge is -2.34. The van der Waals surface area contributed by atoms with E-state index in [0.29, 0.717) is 37.2 Å². The number of carbonyl (C=O) groups excluding carboxylic acids is 2. The molecule has 2 aromatic rings. The number of carbonyl (C=O) groups is 2. The minimum absolute atomic E-state index is 0.0260. The van der Waals surface area contributed by atoms with Gasteiger partial charge in [-0.05, 0) is 69.6 Å². The number of nitrogens with one attached hydrogen (secondary N) is 2. The van der Waals surface area contributed by atoms with Crippen LogP contribution in [0.25, 0.3) is 0 Å². The van der Waals surface area contributed by atoms with Gasteiger partial charge in [0.15, 0.2) is 0 Å². The molecule has 0 aromatic heterocycles. The molecule has 1 fully saturated rings. The SMILES string of the molecule is Cc1ccc(NC(=O)[C@@H](C)N2CCC(C(=O)Nc3ccccc3)CC2)cc1F. The Balaban J connectivity index is 1.50. The Labute approximate surface area is 164 Å². The molecule has 1 atom stereocenters. The van der Waals surface area contributed by atoms with Crippen LogP contribution in [0.5, 0.6) is 0 Å². The zero-order chi connectivity index (χ0) is 20.1. The third kappa shape index (κ3) is 4.95. The predicted molar refractivity (Wildman–Crippen MR) is 109 cm³/mol. The Kier molecular flexibility index (Phi) is 6.41. The second-order valence-electron chi connectivity index (χ2n) is 7.29. The molecule has 0 saturated carbocycles. The molecule has 2 amide bonds. The monoisotopic (exact) mass is 383 g/mol. The lowest BCUT2D eigenvalue weighted by Crippen LogP contribution is -2.47. The van der Waals surface area contributed by atoms with Crippen molar-refractivity contribution in [2.24, 2.45) is 5.92 Å². The molecule has 6 heteroatoms. The van der Waals surface area contributed by atoms with E-state index >= 15 is 0 Å². The summed E-state index contributed by atoms with van der Waals surface area (Å²) in [4.78, 5) is 27.0. The molecule has 1 saturated heterocycles. The van der Waals surface area contributed by atoms with Crippen LogP contribution in [0, 0.1) is 18.7 Å². The standard InChI is InChI=1S/C22H26FN3O2/c1-15-8-9-19(14-20(15)23)25-21(27)16(2)26-12-10-17(11-13-26)22(28)24-18-6-4-3-5-7-18/h3-9,14,16-17H,10-13H2,1-2H3,(H,24,28)(H,25,27)/t16-/m1/s1. The van der Waals surface area contributed by atoms with E-state index < -0.39 is 0 Å². The molecule has 0 aliphatic carbocycles. The van der Waals surface area contributed by atoms with Crippen molar-refractivity contribution in [2.75, 3.05) is 23.7 Å². The molecule has 2 N–H and O–H groups in total. The Hall–Kier alpha value is -2.73. The third-order valence-electron chi connectivity index (χ3n) is 5.31. The van der Waals surface area contributed by atoms with Crippen LogP contribution in [0.4, 0.5) is 15.8 Å². The summed E-state index contributed by atoms with van der Waals surface area (Å²) in [6.07, 6.45) is 1.41. The third-order valence-corrected chi connectivity index (χ3v) is 5.31. The van der Waals surface area contributed by atoms with Crippen LogP contribution in [-0.2, 0) is 9.59 Å². The molecule has 3 rings (SSSR count). The molecule has 1 heterocycles. The van der Waals surface area contributed by atoms with E-state index in [1.807, 2.05) is 37.3 Å². The summed E-state index contributed by atoms with van der Waals surface area (Å²) in [5, 5.41) is 5.72. The fraction of sp³-hybridized carbons (Fsp3) is 0.364. The maximum Gasteiger partial charge on any atom is 0.241 e. The Morgan fingerprint density at radius 3 is 2.36 bits per heavy atom. The molecule has 148 valence electrons. The van der Waals surface area contributed by atoms with Gasteiger partial charge in [-0.25, -0.2) is 4.39 Å². The summed E-state index contributed by atoms with van der Waals surface area (Å²) in [5.41, 5.74) is 1.80. The summed E-state index contributed by atoms with van der Waals surface area (Å²) in [6.45, 7) is 4.86. The number of para-hydroxylation sites is 1. The molecule has 5 nitrogen and oxygen atoms in total. The maximum atomic E-state index is 13.7. The number of hydrogen-bond acceptors (Lipinski definition) is 3. The van der Waals surface area contributed by atoms with Gasteiger partial charge in [-0.2, -0.15) is 0 Å². The van der Waals surface area contributed by atoms with E-state index in [0.717, 1.165) is 5.69 Å². The molecule has 0 unspecified atom stereocenters. The van der Waals surface area contributed by atoms with Gasteiger partial charge in [0.25, 0.3) is 0 Å². The van der Waals surface area contributed by atoms with Crippen molar-refractivity contribution >= 4 is 23.2 Å². The van der Waals surface area contributed by atoms with Crippen LogP contribution in [0.15, 0.2) is 48.5 Å². The number of halogens is 1. The van der Waals surface area contributed by atoms with Gasteiger partial charge in [-0.15, -0.1) is 0 Å². The molecule has 0 bridgehead atoms. The highest BCUT2D eigenvalue weighted by Crippen LogP contribution is 2.22.